The zero-order valence-electron chi connectivity index (χ0n) is 16.9. The number of carbonyl (C=O) groups is 1. The van der Waals surface area contributed by atoms with E-state index < -0.39 is 5.97 Å². The standard InChI is InChI=1S/C22H23N3O5/c1-3-25(11-15-13-29-18-6-4-5-7-19(18)30-15)12-20-23-17-10-14(22(27)28-2)8-9-16(17)21(26)24-20/h4-10,15H,3,11-13H2,1-2H3,(H,23,24,26)/t15-/m0/s1. The first-order valence-electron chi connectivity index (χ1n) is 9.79. The van der Waals surface area contributed by atoms with Gasteiger partial charge in [-0.2, -0.15) is 0 Å². The second kappa shape index (κ2) is 8.54. The number of fused-ring (bicyclic) bond motifs is 2. The lowest BCUT2D eigenvalue weighted by Crippen LogP contribution is -2.41. The minimum absolute atomic E-state index is 0.127. The van der Waals surface area contributed by atoms with Crippen LogP contribution in [0.15, 0.2) is 47.3 Å². The smallest absolute Gasteiger partial charge is 0.337 e. The molecule has 8 nitrogen and oxygen atoms in total. The Labute approximate surface area is 173 Å². The lowest BCUT2D eigenvalue weighted by atomic mass is 10.1. The Bertz CT molecular complexity index is 1130. The van der Waals surface area contributed by atoms with Gasteiger partial charge in [-0.05, 0) is 36.9 Å². The minimum atomic E-state index is -0.467. The van der Waals surface area contributed by atoms with Crippen LogP contribution in [0.2, 0.25) is 0 Å². The maximum Gasteiger partial charge on any atom is 0.337 e. The number of aromatic amines is 1. The Morgan fingerprint density at radius 3 is 2.83 bits per heavy atom. The van der Waals surface area contributed by atoms with Gasteiger partial charge in [0.1, 0.15) is 18.5 Å². The number of para-hydroxylation sites is 2. The van der Waals surface area contributed by atoms with Crippen LogP contribution >= 0.6 is 0 Å². The number of nitrogens with zero attached hydrogens (tertiary/aromatic N) is 2. The molecule has 8 heteroatoms. The van der Waals surface area contributed by atoms with Crippen LogP contribution in [0.4, 0.5) is 0 Å². The summed E-state index contributed by atoms with van der Waals surface area (Å²) in [5.41, 5.74) is 0.570. The molecular formula is C22H23N3O5. The molecule has 0 aliphatic carbocycles. The Hall–Kier alpha value is -3.39. The van der Waals surface area contributed by atoms with E-state index in [4.69, 9.17) is 14.2 Å². The molecule has 0 fully saturated rings. The van der Waals surface area contributed by atoms with Crippen molar-refractivity contribution < 1.29 is 19.0 Å². The number of methoxy groups -OCH3 is 1. The monoisotopic (exact) mass is 409 g/mol. The van der Waals surface area contributed by atoms with E-state index >= 15 is 0 Å². The number of benzene rings is 2. The van der Waals surface area contributed by atoms with E-state index in [9.17, 15) is 9.59 Å². The van der Waals surface area contributed by atoms with Gasteiger partial charge in [-0.1, -0.05) is 19.1 Å². The van der Waals surface area contributed by atoms with Crippen LogP contribution in [0.5, 0.6) is 11.5 Å². The van der Waals surface area contributed by atoms with E-state index in [1.807, 2.05) is 31.2 Å². The molecule has 1 aliphatic rings. The van der Waals surface area contributed by atoms with Crippen molar-refractivity contribution in [1.82, 2.24) is 14.9 Å². The molecule has 0 saturated heterocycles. The first-order chi connectivity index (χ1) is 14.6. The number of aromatic nitrogens is 2. The highest BCUT2D eigenvalue weighted by atomic mass is 16.6. The average Bonchev–Trinajstić information content (AvgIpc) is 2.77. The molecule has 0 unspecified atom stereocenters. The van der Waals surface area contributed by atoms with Crippen LogP contribution in [0, 0.1) is 0 Å². The third-order valence-corrected chi connectivity index (χ3v) is 5.03. The van der Waals surface area contributed by atoms with Crippen molar-refractivity contribution in [3.8, 4) is 11.5 Å². The molecule has 1 atom stereocenters. The fourth-order valence-corrected chi connectivity index (χ4v) is 3.47. The number of esters is 1. The molecule has 2 heterocycles. The predicted molar refractivity (Wildman–Crippen MR) is 111 cm³/mol. The van der Waals surface area contributed by atoms with Crippen molar-refractivity contribution in [3.05, 3.63) is 64.2 Å². The van der Waals surface area contributed by atoms with E-state index in [2.05, 4.69) is 14.9 Å². The van der Waals surface area contributed by atoms with E-state index in [0.29, 0.717) is 42.0 Å². The molecule has 2 aromatic carbocycles. The van der Waals surface area contributed by atoms with Crippen LogP contribution in [-0.4, -0.2) is 53.7 Å². The summed E-state index contributed by atoms with van der Waals surface area (Å²) in [6, 6.07) is 12.3. The number of H-pyrrole nitrogens is 1. The highest BCUT2D eigenvalue weighted by molar-refractivity contribution is 5.93. The normalized spacial score (nSPS) is 15.4. The lowest BCUT2D eigenvalue weighted by Gasteiger charge is -2.30. The van der Waals surface area contributed by atoms with Crippen molar-refractivity contribution in [2.45, 2.75) is 19.6 Å². The number of rotatable bonds is 6. The van der Waals surface area contributed by atoms with Gasteiger partial charge in [0.2, 0.25) is 0 Å². The Morgan fingerprint density at radius 2 is 2.07 bits per heavy atom. The van der Waals surface area contributed by atoms with Gasteiger partial charge in [0.05, 0.1) is 30.1 Å². The van der Waals surface area contributed by atoms with Crippen LogP contribution in [0.3, 0.4) is 0 Å². The molecule has 3 aromatic rings. The number of nitrogens with one attached hydrogen (secondary N) is 1. The minimum Gasteiger partial charge on any atom is -0.486 e. The molecule has 0 saturated carbocycles. The number of hydrogen-bond donors (Lipinski definition) is 1. The Morgan fingerprint density at radius 1 is 1.27 bits per heavy atom. The van der Waals surface area contributed by atoms with E-state index in [0.717, 1.165) is 18.0 Å². The summed E-state index contributed by atoms with van der Waals surface area (Å²) < 4.78 is 16.6. The topological polar surface area (TPSA) is 93.8 Å². The average molecular weight is 409 g/mol. The molecule has 30 heavy (non-hydrogen) atoms. The summed E-state index contributed by atoms with van der Waals surface area (Å²) in [6.45, 7) is 4.29. The van der Waals surface area contributed by atoms with Crippen molar-refractivity contribution in [2.24, 2.45) is 0 Å². The zero-order valence-corrected chi connectivity index (χ0v) is 16.9. The molecule has 0 spiro atoms. The Kier molecular flexibility index (Phi) is 5.67. The number of ether oxygens (including phenoxy) is 3. The van der Waals surface area contributed by atoms with Crippen molar-refractivity contribution in [2.75, 3.05) is 26.8 Å². The maximum absolute atomic E-state index is 12.5. The Balaban J connectivity index is 1.51. The van der Waals surface area contributed by atoms with E-state index in [1.54, 1.807) is 18.2 Å². The van der Waals surface area contributed by atoms with Crippen molar-refractivity contribution >= 4 is 16.9 Å². The number of likely N-dealkylation sites (N-methyl/N-ethyl adjacent to an activating group) is 1. The molecular weight excluding hydrogens is 386 g/mol. The van der Waals surface area contributed by atoms with Gasteiger partial charge < -0.3 is 19.2 Å². The molecule has 1 aliphatic heterocycles. The predicted octanol–water partition coefficient (Wildman–Crippen LogP) is 2.37. The highest BCUT2D eigenvalue weighted by Crippen LogP contribution is 2.31. The molecule has 1 aromatic heterocycles. The third-order valence-electron chi connectivity index (χ3n) is 5.03. The quantitative estimate of drug-likeness (QED) is 0.625. The van der Waals surface area contributed by atoms with Crippen LogP contribution in [0.1, 0.15) is 23.1 Å². The lowest BCUT2D eigenvalue weighted by molar-refractivity contribution is 0.0573. The molecule has 0 amide bonds. The fourth-order valence-electron chi connectivity index (χ4n) is 3.47. The van der Waals surface area contributed by atoms with Crippen LogP contribution in [0.25, 0.3) is 10.9 Å². The molecule has 0 radical (unpaired) electrons. The SMILES string of the molecule is CCN(Cc1nc2cc(C(=O)OC)ccc2c(=O)[nH]1)C[C@H]1COc2ccccc2O1. The summed E-state index contributed by atoms with van der Waals surface area (Å²) >= 11 is 0. The first kappa shape index (κ1) is 19.9. The summed E-state index contributed by atoms with van der Waals surface area (Å²) in [5, 5.41) is 0.426. The number of hydrogen-bond acceptors (Lipinski definition) is 7. The zero-order chi connectivity index (χ0) is 21.1. The summed E-state index contributed by atoms with van der Waals surface area (Å²) in [6.07, 6.45) is -0.127. The van der Waals surface area contributed by atoms with Gasteiger partial charge in [-0.15, -0.1) is 0 Å². The van der Waals surface area contributed by atoms with E-state index in [1.165, 1.54) is 7.11 Å². The van der Waals surface area contributed by atoms with Crippen LogP contribution < -0.4 is 15.0 Å². The molecule has 1 N–H and O–H groups in total. The van der Waals surface area contributed by atoms with Gasteiger partial charge in [-0.25, -0.2) is 9.78 Å². The fraction of sp³-hybridized carbons (Fsp3) is 0.318. The molecule has 0 bridgehead atoms. The summed E-state index contributed by atoms with van der Waals surface area (Å²) in [5.74, 6) is 1.54. The van der Waals surface area contributed by atoms with Crippen LogP contribution in [-0.2, 0) is 11.3 Å². The van der Waals surface area contributed by atoms with Gasteiger partial charge >= 0.3 is 5.97 Å². The second-order valence-corrected chi connectivity index (χ2v) is 7.06. The molecule has 156 valence electrons. The summed E-state index contributed by atoms with van der Waals surface area (Å²) in [4.78, 5) is 33.8. The second-order valence-electron chi connectivity index (χ2n) is 7.06. The third kappa shape index (κ3) is 4.13. The van der Waals surface area contributed by atoms with Gasteiger partial charge in [-0.3, -0.25) is 9.69 Å². The highest BCUT2D eigenvalue weighted by Gasteiger charge is 2.23. The van der Waals surface area contributed by atoms with Crippen molar-refractivity contribution in [3.63, 3.8) is 0 Å². The van der Waals surface area contributed by atoms with Gasteiger partial charge in [0.25, 0.3) is 5.56 Å². The van der Waals surface area contributed by atoms with Crippen molar-refractivity contribution in [1.29, 1.82) is 0 Å². The largest absolute Gasteiger partial charge is 0.486 e. The molecule has 4 rings (SSSR count). The maximum atomic E-state index is 12.5. The first-order valence-corrected chi connectivity index (χ1v) is 9.79. The summed E-state index contributed by atoms with van der Waals surface area (Å²) in [7, 11) is 1.32. The van der Waals surface area contributed by atoms with Gasteiger partial charge in [0.15, 0.2) is 11.5 Å². The van der Waals surface area contributed by atoms with E-state index in [-0.39, 0.29) is 11.7 Å². The number of carbonyl (C=O) groups excluding carboxylic acids is 1. The van der Waals surface area contributed by atoms with Gasteiger partial charge in [0, 0.05) is 6.54 Å².